The van der Waals surface area contributed by atoms with Crippen molar-refractivity contribution in [2.24, 2.45) is 5.41 Å². The smallest absolute Gasteiger partial charge is 0.222 e. The van der Waals surface area contributed by atoms with E-state index >= 15 is 0 Å². The van der Waals surface area contributed by atoms with Crippen molar-refractivity contribution in [2.45, 2.75) is 64.5 Å². The molecule has 0 unspecified atom stereocenters. The molecule has 0 radical (unpaired) electrons. The number of aliphatic hydroxyl groups excluding tert-OH is 1. The van der Waals surface area contributed by atoms with Crippen molar-refractivity contribution in [1.29, 1.82) is 0 Å². The highest BCUT2D eigenvalue weighted by molar-refractivity contribution is 8.00. The largest absolute Gasteiger partial charge is 0.396 e. The lowest BCUT2D eigenvalue weighted by Gasteiger charge is -2.40. The molecule has 0 atom stereocenters. The van der Waals surface area contributed by atoms with Gasteiger partial charge in [0, 0.05) is 30.9 Å². The van der Waals surface area contributed by atoms with Crippen LogP contribution in [0.15, 0.2) is 0 Å². The monoisotopic (exact) mass is 301 g/mol. The Morgan fingerprint density at radius 1 is 1.30 bits per heavy atom. The molecule has 0 aromatic carbocycles. The number of nitrogens with zero attached hydrogens (tertiary/aromatic N) is 1. The number of carbonyl (C=O) groups excluding carboxylic acids is 1. The number of carbonyl (C=O) groups is 1. The number of thioether (sulfide) groups is 1. The normalized spacial score (nSPS) is 19.1. The number of aliphatic hydroxyl groups is 1. The van der Waals surface area contributed by atoms with Crippen LogP contribution in [-0.2, 0) is 4.79 Å². The van der Waals surface area contributed by atoms with Crippen LogP contribution < -0.4 is 0 Å². The summed E-state index contributed by atoms with van der Waals surface area (Å²) in [6, 6.07) is 0. The van der Waals surface area contributed by atoms with Gasteiger partial charge in [0.1, 0.15) is 0 Å². The van der Waals surface area contributed by atoms with Gasteiger partial charge in [-0.25, -0.2) is 0 Å². The van der Waals surface area contributed by atoms with Crippen LogP contribution in [-0.4, -0.2) is 46.1 Å². The Kier molecular flexibility index (Phi) is 6.86. The van der Waals surface area contributed by atoms with E-state index < -0.39 is 0 Å². The fraction of sp³-hybridized carbons (Fsp3) is 0.938. The minimum atomic E-state index is 0.0683. The lowest BCUT2D eigenvalue weighted by Crippen LogP contribution is -2.44. The van der Waals surface area contributed by atoms with Crippen molar-refractivity contribution >= 4 is 17.7 Å². The van der Waals surface area contributed by atoms with Crippen LogP contribution >= 0.6 is 11.8 Å². The Morgan fingerprint density at radius 3 is 2.35 bits per heavy atom. The molecule has 118 valence electrons. The predicted octanol–water partition coefficient (Wildman–Crippen LogP) is 3.31. The third kappa shape index (κ3) is 5.65. The average molecular weight is 301 g/mol. The van der Waals surface area contributed by atoms with E-state index in [2.05, 4.69) is 27.7 Å². The van der Waals surface area contributed by atoms with Crippen molar-refractivity contribution in [1.82, 2.24) is 4.90 Å². The molecule has 3 nitrogen and oxygen atoms in total. The number of amides is 1. The zero-order valence-electron chi connectivity index (χ0n) is 13.6. The molecule has 0 bridgehead atoms. The summed E-state index contributed by atoms with van der Waals surface area (Å²) in [4.78, 5) is 14.2. The van der Waals surface area contributed by atoms with Gasteiger partial charge in [0.15, 0.2) is 0 Å². The van der Waals surface area contributed by atoms with E-state index in [0.717, 1.165) is 44.5 Å². The summed E-state index contributed by atoms with van der Waals surface area (Å²) in [6.45, 7) is 10.7. The fourth-order valence-electron chi connectivity index (χ4n) is 2.61. The molecule has 20 heavy (non-hydrogen) atoms. The maximum atomic E-state index is 12.2. The Balaban J connectivity index is 2.26. The highest BCUT2D eigenvalue weighted by Gasteiger charge is 2.33. The molecule has 1 N–H and O–H groups in total. The number of rotatable bonds is 6. The molecular formula is C16H31NO2S. The van der Waals surface area contributed by atoms with E-state index in [1.54, 1.807) is 0 Å². The highest BCUT2D eigenvalue weighted by atomic mass is 32.2. The van der Waals surface area contributed by atoms with Crippen molar-refractivity contribution in [3.05, 3.63) is 0 Å². The van der Waals surface area contributed by atoms with Crippen LogP contribution in [0.2, 0.25) is 0 Å². The standard InChI is InChI=1S/C16H31NO2S/c1-5-16(13-18)8-10-17(11-9-16)14(19)7-6-12-20-15(2,3)4/h18H,5-13H2,1-4H3. The third-order valence-electron chi connectivity index (χ3n) is 4.33. The molecule has 0 saturated carbocycles. The predicted molar refractivity (Wildman–Crippen MR) is 87.1 cm³/mol. The van der Waals surface area contributed by atoms with Gasteiger partial charge in [-0.2, -0.15) is 11.8 Å². The third-order valence-corrected chi connectivity index (χ3v) is 5.69. The van der Waals surface area contributed by atoms with Crippen LogP contribution in [0.1, 0.15) is 59.8 Å². The lowest BCUT2D eigenvalue weighted by atomic mass is 9.77. The number of likely N-dealkylation sites (tertiary alicyclic amines) is 1. The summed E-state index contributed by atoms with van der Waals surface area (Å²) in [7, 11) is 0. The molecule has 1 rings (SSSR count). The summed E-state index contributed by atoms with van der Waals surface area (Å²) < 4.78 is 0.288. The molecule has 4 heteroatoms. The van der Waals surface area contributed by atoms with E-state index in [1.807, 2.05) is 16.7 Å². The van der Waals surface area contributed by atoms with Gasteiger partial charge < -0.3 is 10.0 Å². The highest BCUT2D eigenvalue weighted by Crippen LogP contribution is 2.34. The van der Waals surface area contributed by atoms with Gasteiger partial charge in [-0.15, -0.1) is 0 Å². The minimum absolute atomic E-state index is 0.0683. The molecule has 1 amide bonds. The number of hydrogen-bond donors (Lipinski definition) is 1. The first-order chi connectivity index (χ1) is 9.32. The maximum Gasteiger partial charge on any atom is 0.222 e. The van der Waals surface area contributed by atoms with Crippen molar-refractivity contribution in [2.75, 3.05) is 25.4 Å². The molecular weight excluding hydrogens is 270 g/mol. The molecule has 1 saturated heterocycles. The van der Waals surface area contributed by atoms with E-state index in [9.17, 15) is 9.90 Å². The van der Waals surface area contributed by atoms with E-state index in [1.165, 1.54) is 0 Å². The molecule has 1 fully saturated rings. The Hall–Kier alpha value is -0.220. The average Bonchev–Trinajstić information content (AvgIpc) is 2.42. The Labute approximate surface area is 128 Å². The first-order valence-corrected chi connectivity index (χ1v) is 8.83. The number of hydrogen-bond acceptors (Lipinski definition) is 3. The SMILES string of the molecule is CCC1(CO)CCN(C(=O)CCCSC(C)(C)C)CC1. The fourth-order valence-corrected chi connectivity index (χ4v) is 3.51. The Bertz CT molecular complexity index is 298. The van der Waals surface area contributed by atoms with Gasteiger partial charge in [-0.1, -0.05) is 27.7 Å². The van der Waals surface area contributed by atoms with Gasteiger partial charge in [-0.05, 0) is 36.9 Å². The minimum Gasteiger partial charge on any atom is -0.396 e. The summed E-state index contributed by atoms with van der Waals surface area (Å²) in [6.07, 6.45) is 4.54. The maximum absolute atomic E-state index is 12.2. The van der Waals surface area contributed by atoms with E-state index in [4.69, 9.17) is 0 Å². The topological polar surface area (TPSA) is 40.5 Å². The summed E-state index contributed by atoms with van der Waals surface area (Å²) >= 11 is 1.93. The second-order valence-electron chi connectivity index (χ2n) is 6.96. The molecule has 0 aromatic rings. The van der Waals surface area contributed by atoms with Gasteiger partial charge in [0.05, 0.1) is 0 Å². The second-order valence-corrected chi connectivity index (χ2v) is 8.88. The lowest BCUT2D eigenvalue weighted by molar-refractivity contribution is -0.134. The molecule has 0 aromatic heterocycles. The first kappa shape index (κ1) is 17.8. The molecule has 0 spiro atoms. The van der Waals surface area contributed by atoms with Gasteiger partial charge >= 0.3 is 0 Å². The van der Waals surface area contributed by atoms with Gasteiger partial charge in [-0.3, -0.25) is 4.79 Å². The zero-order valence-corrected chi connectivity index (χ0v) is 14.4. The summed E-state index contributed by atoms with van der Waals surface area (Å²) in [5, 5.41) is 9.51. The second kappa shape index (κ2) is 7.69. The van der Waals surface area contributed by atoms with Gasteiger partial charge in [0.2, 0.25) is 5.91 Å². The number of piperidine rings is 1. The van der Waals surface area contributed by atoms with Crippen molar-refractivity contribution in [3.63, 3.8) is 0 Å². The molecule has 1 aliphatic rings. The van der Waals surface area contributed by atoms with Crippen LogP contribution in [0.3, 0.4) is 0 Å². The molecule has 1 heterocycles. The summed E-state index contributed by atoms with van der Waals surface area (Å²) in [5.74, 6) is 1.35. The van der Waals surface area contributed by atoms with Gasteiger partial charge in [0.25, 0.3) is 0 Å². The van der Waals surface area contributed by atoms with Crippen LogP contribution in [0.25, 0.3) is 0 Å². The molecule has 1 aliphatic heterocycles. The Morgan fingerprint density at radius 2 is 1.90 bits per heavy atom. The van der Waals surface area contributed by atoms with Crippen molar-refractivity contribution in [3.8, 4) is 0 Å². The van der Waals surface area contributed by atoms with E-state index in [0.29, 0.717) is 12.3 Å². The zero-order chi connectivity index (χ0) is 15.2. The van der Waals surface area contributed by atoms with Crippen LogP contribution in [0, 0.1) is 5.41 Å². The quantitative estimate of drug-likeness (QED) is 0.765. The van der Waals surface area contributed by atoms with Crippen LogP contribution in [0.4, 0.5) is 0 Å². The first-order valence-electron chi connectivity index (χ1n) is 7.84. The summed E-state index contributed by atoms with van der Waals surface area (Å²) in [5.41, 5.74) is 0.0683. The van der Waals surface area contributed by atoms with Crippen molar-refractivity contribution < 1.29 is 9.90 Å². The van der Waals surface area contributed by atoms with Crippen LogP contribution in [0.5, 0.6) is 0 Å². The molecule has 0 aliphatic carbocycles. The van der Waals surface area contributed by atoms with E-state index in [-0.39, 0.29) is 16.8 Å².